The Hall–Kier alpha value is -2.34. The van der Waals surface area contributed by atoms with Gasteiger partial charge in [0.15, 0.2) is 0 Å². The third-order valence-electron chi connectivity index (χ3n) is 7.07. The van der Waals surface area contributed by atoms with Crippen molar-refractivity contribution in [3.05, 3.63) is 52.9 Å². The second-order valence-corrected chi connectivity index (χ2v) is 11.2. The van der Waals surface area contributed by atoms with Gasteiger partial charge in [0.25, 0.3) is 0 Å². The molecule has 0 spiro atoms. The number of H-pyrrole nitrogens is 1. The van der Waals surface area contributed by atoms with Crippen molar-refractivity contribution in [2.24, 2.45) is 5.92 Å². The standard InChI is InChI=1S/C27H34BrN3O2/c1-7-20-15-23(31(27(20,6)8-2)25(32)33-26(3,4)5)24-29-16-22(30-24)19-10-9-18-14-21(28)12-11-17(18)13-19/h9-14,16,20,23H,7-8,15H2,1-6H3,(H,29,30). The molecule has 176 valence electrons. The molecule has 1 N–H and O–H groups in total. The fourth-order valence-electron chi connectivity index (χ4n) is 5.16. The lowest BCUT2D eigenvalue weighted by molar-refractivity contribution is -0.00615. The van der Waals surface area contributed by atoms with Crippen LogP contribution in [0.1, 0.15) is 72.7 Å². The van der Waals surface area contributed by atoms with E-state index in [1.165, 1.54) is 10.8 Å². The van der Waals surface area contributed by atoms with Crippen molar-refractivity contribution in [1.82, 2.24) is 14.9 Å². The molecule has 4 rings (SSSR count). The van der Waals surface area contributed by atoms with Gasteiger partial charge in [0.05, 0.1) is 17.9 Å². The molecular weight excluding hydrogens is 478 g/mol. The molecule has 0 saturated carbocycles. The van der Waals surface area contributed by atoms with Crippen molar-refractivity contribution in [2.45, 2.75) is 78.0 Å². The van der Waals surface area contributed by atoms with Crippen LogP contribution in [0.25, 0.3) is 22.0 Å². The van der Waals surface area contributed by atoms with Gasteiger partial charge in [0.2, 0.25) is 0 Å². The van der Waals surface area contributed by atoms with Crippen molar-refractivity contribution in [1.29, 1.82) is 0 Å². The van der Waals surface area contributed by atoms with Gasteiger partial charge >= 0.3 is 6.09 Å². The average Bonchev–Trinajstić information content (AvgIpc) is 3.35. The van der Waals surface area contributed by atoms with Crippen molar-refractivity contribution in [3.63, 3.8) is 0 Å². The molecule has 3 atom stereocenters. The lowest BCUT2D eigenvalue weighted by Gasteiger charge is -2.40. The topological polar surface area (TPSA) is 58.2 Å². The molecule has 0 radical (unpaired) electrons. The molecule has 2 aromatic carbocycles. The minimum Gasteiger partial charge on any atom is -0.444 e. The molecule has 33 heavy (non-hydrogen) atoms. The molecule has 5 nitrogen and oxygen atoms in total. The Morgan fingerprint density at radius 2 is 1.91 bits per heavy atom. The lowest BCUT2D eigenvalue weighted by atomic mass is 9.82. The van der Waals surface area contributed by atoms with Crippen molar-refractivity contribution in [3.8, 4) is 11.3 Å². The van der Waals surface area contributed by atoms with E-state index in [1.54, 1.807) is 0 Å². The van der Waals surface area contributed by atoms with Crippen molar-refractivity contribution >= 4 is 32.8 Å². The molecule has 1 saturated heterocycles. The Morgan fingerprint density at radius 3 is 2.58 bits per heavy atom. The summed E-state index contributed by atoms with van der Waals surface area (Å²) in [6.07, 6.45) is 4.37. The summed E-state index contributed by atoms with van der Waals surface area (Å²) in [6, 6.07) is 12.5. The van der Waals surface area contributed by atoms with Gasteiger partial charge in [-0.1, -0.05) is 54.4 Å². The third-order valence-corrected chi connectivity index (χ3v) is 7.57. The highest BCUT2D eigenvalue weighted by Gasteiger charge is 2.53. The number of nitrogens with zero attached hydrogens (tertiary/aromatic N) is 2. The number of carbonyl (C=O) groups excluding carboxylic acids is 1. The molecule has 0 bridgehead atoms. The Balaban J connectivity index is 1.70. The molecule has 6 heteroatoms. The maximum Gasteiger partial charge on any atom is 0.411 e. The number of imidazole rings is 1. The van der Waals surface area contributed by atoms with Gasteiger partial charge in [-0.25, -0.2) is 9.78 Å². The molecular formula is C27H34BrN3O2. The zero-order valence-corrected chi connectivity index (χ0v) is 22.0. The second kappa shape index (κ2) is 8.79. The molecule has 2 heterocycles. The van der Waals surface area contributed by atoms with Gasteiger partial charge < -0.3 is 9.72 Å². The average molecular weight is 512 g/mol. The quantitative estimate of drug-likeness (QED) is 0.387. The smallest absolute Gasteiger partial charge is 0.411 e. The predicted molar refractivity (Wildman–Crippen MR) is 137 cm³/mol. The number of aromatic amines is 1. The minimum absolute atomic E-state index is 0.139. The summed E-state index contributed by atoms with van der Waals surface area (Å²) >= 11 is 3.54. The highest BCUT2D eigenvalue weighted by atomic mass is 79.9. The molecule has 3 unspecified atom stereocenters. The van der Waals surface area contributed by atoms with Crippen LogP contribution in [0.2, 0.25) is 0 Å². The maximum atomic E-state index is 13.4. The van der Waals surface area contributed by atoms with E-state index in [9.17, 15) is 4.79 Å². The Labute approximate surface area is 205 Å². The van der Waals surface area contributed by atoms with Crippen LogP contribution < -0.4 is 0 Å². The van der Waals surface area contributed by atoms with E-state index in [-0.39, 0.29) is 17.7 Å². The molecule has 1 aliphatic heterocycles. The van der Waals surface area contributed by atoms with Crippen LogP contribution in [-0.2, 0) is 4.74 Å². The molecule has 1 aromatic heterocycles. The summed E-state index contributed by atoms with van der Waals surface area (Å²) in [5.41, 5.74) is 1.22. The first-order valence-electron chi connectivity index (χ1n) is 11.8. The van der Waals surface area contributed by atoms with Crippen LogP contribution in [0.4, 0.5) is 4.79 Å². The number of amides is 1. The number of nitrogens with one attached hydrogen (secondary N) is 1. The van der Waals surface area contributed by atoms with E-state index >= 15 is 0 Å². The van der Waals surface area contributed by atoms with Crippen LogP contribution >= 0.6 is 15.9 Å². The normalized spacial score (nSPS) is 23.3. The van der Waals surface area contributed by atoms with E-state index in [2.05, 4.69) is 78.1 Å². The first-order chi connectivity index (χ1) is 15.6. The number of ether oxygens (including phenoxy) is 1. The number of benzene rings is 2. The van der Waals surface area contributed by atoms with Crippen LogP contribution in [0.15, 0.2) is 47.1 Å². The highest BCUT2D eigenvalue weighted by Crippen LogP contribution is 2.49. The van der Waals surface area contributed by atoms with Gasteiger partial charge in [-0.2, -0.15) is 0 Å². The number of likely N-dealkylation sites (tertiary alicyclic amines) is 1. The number of rotatable bonds is 4. The van der Waals surface area contributed by atoms with Crippen LogP contribution in [-0.4, -0.2) is 32.1 Å². The lowest BCUT2D eigenvalue weighted by Crippen LogP contribution is -2.50. The molecule has 1 fully saturated rings. The third kappa shape index (κ3) is 4.54. The van der Waals surface area contributed by atoms with Gasteiger partial charge in [0, 0.05) is 15.6 Å². The fourth-order valence-corrected chi connectivity index (χ4v) is 5.54. The van der Waals surface area contributed by atoms with Crippen LogP contribution in [0.3, 0.4) is 0 Å². The summed E-state index contributed by atoms with van der Waals surface area (Å²) in [6.45, 7) is 12.3. The molecule has 3 aromatic rings. The number of hydrogen-bond donors (Lipinski definition) is 1. The van der Waals surface area contributed by atoms with Crippen molar-refractivity contribution in [2.75, 3.05) is 0 Å². The van der Waals surface area contributed by atoms with Crippen molar-refractivity contribution < 1.29 is 9.53 Å². The SMILES string of the molecule is CCC1CC(c2ncc(-c3ccc4cc(Br)ccc4c3)[nH]2)N(C(=O)OC(C)(C)C)C1(C)CC. The zero-order valence-electron chi connectivity index (χ0n) is 20.4. The largest absolute Gasteiger partial charge is 0.444 e. The molecule has 1 aliphatic rings. The van der Waals surface area contributed by atoms with Crippen LogP contribution in [0, 0.1) is 5.92 Å². The minimum atomic E-state index is -0.547. The summed E-state index contributed by atoms with van der Waals surface area (Å²) in [5, 5.41) is 2.36. The number of carbonyl (C=O) groups is 1. The zero-order chi connectivity index (χ0) is 24.0. The fraction of sp³-hybridized carbons (Fsp3) is 0.481. The van der Waals surface area contributed by atoms with Crippen LogP contribution in [0.5, 0.6) is 0 Å². The van der Waals surface area contributed by atoms with Gasteiger partial charge in [-0.15, -0.1) is 0 Å². The van der Waals surface area contributed by atoms with E-state index in [4.69, 9.17) is 9.72 Å². The first kappa shape index (κ1) is 23.8. The summed E-state index contributed by atoms with van der Waals surface area (Å²) in [7, 11) is 0. The van der Waals surface area contributed by atoms with E-state index in [0.717, 1.165) is 40.8 Å². The second-order valence-electron chi connectivity index (χ2n) is 10.3. The number of aromatic nitrogens is 2. The van der Waals surface area contributed by atoms with E-state index in [1.807, 2.05) is 31.9 Å². The van der Waals surface area contributed by atoms with Gasteiger partial charge in [0.1, 0.15) is 11.4 Å². The summed E-state index contributed by atoms with van der Waals surface area (Å²) in [5.74, 6) is 1.20. The number of fused-ring (bicyclic) bond motifs is 1. The summed E-state index contributed by atoms with van der Waals surface area (Å²) < 4.78 is 6.92. The predicted octanol–water partition coefficient (Wildman–Crippen LogP) is 7.87. The highest BCUT2D eigenvalue weighted by molar-refractivity contribution is 9.10. The monoisotopic (exact) mass is 511 g/mol. The Bertz CT molecular complexity index is 1170. The Morgan fingerprint density at radius 1 is 1.21 bits per heavy atom. The summed E-state index contributed by atoms with van der Waals surface area (Å²) in [4.78, 5) is 23.6. The van der Waals surface area contributed by atoms with E-state index in [0.29, 0.717) is 5.92 Å². The number of hydrogen-bond acceptors (Lipinski definition) is 3. The van der Waals surface area contributed by atoms with E-state index < -0.39 is 5.60 Å². The first-order valence-corrected chi connectivity index (χ1v) is 12.6. The number of halogens is 1. The molecule has 0 aliphatic carbocycles. The van der Waals surface area contributed by atoms with Gasteiger partial charge in [-0.05, 0) is 75.4 Å². The Kier molecular flexibility index (Phi) is 6.34. The maximum absolute atomic E-state index is 13.4. The van der Waals surface area contributed by atoms with Gasteiger partial charge in [-0.3, -0.25) is 4.90 Å². The molecule has 1 amide bonds.